The van der Waals surface area contributed by atoms with Gasteiger partial charge in [-0.25, -0.2) is 0 Å². The number of hydrogen-bond acceptors (Lipinski definition) is 2. The zero-order valence-corrected chi connectivity index (χ0v) is 12.8. The number of rotatable bonds is 1. The minimum absolute atomic E-state index is 0.390. The third kappa shape index (κ3) is 4.13. The maximum absolute atomic E-state index is 12.9. The van der Waals surface area contributed by atoms with Crippen molar-refractivity contribution in [3.8, 4) is 0 Å². The van der Waals surface area contributed by atoms with E-state index < -0.39 is 11.7 Å². The molecule has 1 heterocycles. The number of aryl methyl sites for hydroxylation is 1. The lowest BCUT2D eigenvalue weighted by Crippen LogP contribution is -2.42. The molecule has 1 saturated heterocycles. The zero-order chi connectivity index (χ0) is 15.6. The molecule has 1 aliphatic rings. The molecule has 0 saturated carbocycles. The molecule has 0 amide bonds. The third-order valence-corrected chi connectivity index (χ3v) is 4.06. The Morgan fingerprint density at radius 3 is 2.62 bits per heavy atom. The highest BCUT2D eigenvalue weighted by Crippen LogP contribution is 2.33. The molecule has 21 heavy (non-hydrogen) atoms. The summed E-state index contributed by atoms with van der Waals surface area (Å²) in [5, 5.41) is 3.45. The van der Waals surface area contributed by atoms with Gasteiger partial charge in [-0.05, 0) is 50.4 Å². The predicted molar refractivity (Wildman–Crippen MR) is 79.6 cm³/mol. The highest BCUT2D eigenvalue weighted by atomic mass is 19.4. The average molecular weight is 300 g/mol. The number of anilines is 1. The van der Waals surface area contributed by atoms with Gasteiger partial charge in [0.15, 0.2) is 0 Å². The van der Waals surface area contributed by atoms with E-state index >= 15 is 0 Å². The summed E-state index contributed by atoms with van der Waals surface area (Å²) in [6.45, 7) is 8.58. The quantitative estimate of drug-likeness (QED) is 0.848. The Bertz CT molecular complexity index is 485. The molecule has 0 bridgehead atoms. The minimum Gasteiger partial charge on any atom is -0.371 e. The van der Waals surface area contributed by atoms with Crippen LogP contribution in [-0.4, -0.2) is 25.7 Å². The van der Waals surface area contributed by atoms with Crippen LogP contribution in [0.15, 0.2) is 18.2 Å². The van der Waals surface area contributed by atoms with Crippen molar-refractivity contribution in [2.45, 2.75) is 39.4 Å². The summed E-state index contributed by atoms with van der Waals surface area (Å²) in [6, 6.07) is 4.42. The molecule has 2 unspecified atom stereocenters. The Morgan fingerprint density at radius 1 is 1.24 bits per heavy atom. The van der Waals surface area contributed by atoms with Gasteiger partial charge in [0, 0.05) is 24.8 Å². The van der Waals surface area contributed by atoms with E-state index in [0.29, 0.717) is 17.6 Å². The van der Waals surface area contributed by atoms with Crippen LogP contribution in [0.4, 0.5) is 18.9 Å². The van der Waals surface area contributed by atoms with Crippen LogP contribution in [0.2, 0.25) is 0 Å². The monoisotopic (exact) mass is 300 g/mol. The lowest BCUT2D eigenvalue weighted by Gasteiger charge is -2.34. The van der Waals surface area contributed by atoms with E-state index in [0.717, 1.165) is 37.7 Å². The SMILES string of the molecule is Cc1ccc(C(F)(F)F)cc1N1CCC(C)NCC(C)C1. The smallest absolute Gasteiger partial charge is 0.371 e. The van der Waals surface area contributed by atoms with Crippen molar-refractivity contribution >= 4 is 5.69 Å². The molecular formula is C16H23F3N2. The first-order chi connectivity index (χ1) is 9.77. The van der Waals surface area contributed by atoms with E-state index in [1.54, 1.807) is 6.07 Å². The molecule has 2 nitrogen and oxygen atoms in total. The van der Waals surface area contributed by atoms with Gasteiger partial charge in [-0.2, -0.15) is 13.2 Å². The van der Waals surface area contributed by atoms with Gasteiger partial charge in [0.1, 0.15) is 0 Å². The van der Waals surface area contributed by atoms with Gasteiger partial charge in [0.05, 0.1) is 5.56 Å². The standard InChI is InChI=1S/C16H23F3N2/c1-11-9-20-13(3)6-7-21(10-11)15-8-14(16(17,18)19)5-4-12(15)2/h4-5,8,11,13,20H,6-7,9-10H2,1-3H3. The fourth-order valence-electron chi connectivity index (χ4n) is 2.73. The molecule has 1 fully saturated rings. The van der Waals surface area contributed by atoms with E-state index in [-0.39, 0.29) is 0 Å². The number of nitrogens with one attached hydrogen (secondary N) is 1. The summed E-state index contributed by atoms with van der Waals surface area (Å²) in [5.74, 6) is 0.404. The molecule has 118 valence electrons. The van der Waals surface area contributed by atoms with E-state index in [9.17, 15) is 13.2 Å². The number of halogens is 3. The molecule has 1 aromatic carbocycles. The van der Waals surface area contributed by atoms with Crippen LogP contribution in [0.3, 0.4) is 0 Å². The first-order valence-electron chi connectivity index (χ1n) is 7.43. The zero-order valence-electron chi connectivity index (χ0n) is 12.8. The first-order valence-corrected chi connectivity index (χ1v) is 7.43. The van der Waals surface area contributed by atoms with Gasteiger partial charge < -0.3 is 10.2 Å². The number of nitrogens with zero attached hydrogens (tertiary/aromatic N) is 1. The van der Waals surface area contributed by atoms with Gasteiger partial charge in [-0.3, -0.25) is 0 Å². The lowest BCUT2D eigenvalue weighted by molar-refractivity contribution is -0.137. The highest BCUT2D eigenvalue weighted by molar-refractivity contribution is 5.55. The van der Waals surface area contributed by atoms with Crippen molar-refractivity contribution in [1.82, 2.24) is 5.32 Å². The largest absolute Gasteiger partial charge is 0.416 e. The molecule has 1 aliphatic heterocycles. The van der Waals surface area contributed by atoms with Crippen LogP contribution in [0.1, 0.15) is 31.4 Å². The second-order valence-corrected chi connectivity index (χ2v) is 6.15. The molecule has 0 aliphatic carbocycles. The molecular weight excluding hydrogens is 277 g/mol. The second kappa shape index (κ2) is 6.26. The van der Waals surface area contributed by atoms with Crippen LogP contribution < -0.4 is 10.2 Å². The van der Waals surface area contributed by atoms with E-state index in [2.05, 4.69) is 24.1 Å². The van der Waals surface area contributed by atoms with E-state index in [1.165, 1.54) is 6.07 Å². The first kappa shape index (κ1) is 16.1. The van der Waals surface area contributed by atoms with Gasteiger partial charge in [-0.1, -0.05) is 13.0 Å². The summed E-state index contributed by atoms with van der Waals surface area (Å²) in [4.78, 5) is 2.10. The van der Waals surface area contributed by atoms with E-state index in [4.69, 9.17) is 0 Å². The summed E-state index contributed by atoms with van der Waals surface area (Å²) >= 11 is 0. The fourth-order valence-corrected chi connectivity index (χ4v) is 2.73. The molecule has 0 aromatic heterocycles. The van der Waals surface area contributed by atoms with E-state index in [1.807, 2.05) is 6.92 Å². The maximum Gasteiger partial charge on any atom is 0.416 e. The number of alkyl halides is 3. The fraction of sp³-hybridized carbons (Fsp3) is 0.625. The summed E-state index contributed by atoms with van der Waals surface area (Å²) in [7, 11) is 0. The Kier molecular flexibility index (Phi) is 4.81. The molecule has 0 spiro atoms. The van der Waals surface area contributed by atoms with Crippen LogP contribution in [0.5, 0.6) is 0 Å². The van der Waals surface area contributed by atoms with Crippen LogP contribution >= 0.6 is 0 Å². The Hall–Kier alpha value is -1.23. The van der Waals surface area contributed by atoms with Crippen molar-refractivity contribution in [2.75, 3.05) is 24.5 Å². The Balaban J connectivity index is 2.29. The van der Waals surface area contributed by atoms with Crippen LogP contribution in [0.25, 0.3) is 0 Å². The second-order valence-electron chi connectivity index (χ2n) is 6.15. The van der Waals surface area contributed by atoms with Crippen molar-refractivity contribution in [1.29, 1.82) is 0 Å². The van der Waals surface area contributed by atoms with Gasteiger partial charge in [-0.15, -0.1) is 0 Å². The predicted octanol–water partition coefficient (Wildman–Crippen LogP) is 3.84. The van der Waals surface area contributed by atoms with Crippen LogP contribution in [-0.2, 0) is 6.18 Å². The number of hydrogen-bond donors (Lipinski definition) is 1. The summed E-state index contributed by atoms with van der Waals surface area (Å²) in [5.41, 5.74) is 1.05. The molecule has 2 rings (SSSR count). The molecule has 5 heteroatoms. The topological polar surface area (TPSA) is 15.3 Å². The highest BCUT2D eigenvalue weighted by Gasteiger charge is 2.31. The summed E-state index contributed by atoms with van der Waals surface area (Å²) in [6.07, 6.45) is -3.35. The third-order valence-electron chi connectivity index (χ3n) is 4.06. The van der Waals surface area contributed by atoms with Gasteiger partial charge >= 0.3 is 6.18 Å². The Labute approximate surface area is 124 Å². The van der Waals surface area contributed by atoms with Crippen molar-refractivity contribution in [3.63, 3.8) is 0 Å². The van der Waals surface area contributed by atoms with Gasteiger partial charge in [0.2, 0.25) is 0 Å². The minimum atomic E-state index is -4.29. The van der Waals surface area contributed by atoms with Crippen molar-refractivity contribution in [3.05, 3.63) is 29.3 Å². The average Bonchev–Trinajstić information content (AvgIpc) is 2.39. The van der Waals surface area contributed by atoms with Crippen molar-refractivity contribution in [2.24, 2.45) is 5.92 Å². The lowest BCUT2D eigenvalue weighted by atomic mass is 10.0. The number of benzene rings is 1. The van der Waals surface area contributed by atoms with Crippen molar-refractivity contribution < 1.29 is 13.2 Å². The maximum atomic E-state index is 12.9. The molecule has 1 aromatic rings. The molecule has 0 radical (unpaired) electrons. The summed E-state index contributed by atoms with van der Waals surface area (Å²) < 4.78 is 38.8. The van der Waals surface area contributed by atoms with Gasteiger partial charge in [0.25, 0.3) is 0 Å². The normalized spacial score (nSPS) is 24.6. The van der Waals surface area contributed by atoms with Crippen LogP contribution in [0, 0.1) is 12.8 Å². The Morgan fingerprint density at radius 2 is 1.95 bits per heavy atom. The molecule has 1 N–H and O–H groups in total. The molecule has 2 atom stereocenters.